The van der Waals surface area contributed by atoms with Crippen LogP contribution in [0.5, 0.6) is 5.75 Å². The molecule has 0 aromatic heterocycles. The lowest BCUT2D eigenvalue weighted by Gasteiger charge is -2.10. The van der Waals surface area contributed by atoms with Gasteiger partial charge >= 0.3 is 5.97 Å². The largest absolute Gasteiger partial charge is 0.487 e. The molecular formula is C11H11FO3. The minimum absolute atomic E-state index is 0.250. The van der Waals surface area contributed by atoms with Crippen LogP contribution in [0.2, 0.25) is 0 Å². The fourth-order valence-electron chi connectivity index (χ4n) is 1.01. The van der Waals surface area contributed by atoms with Crippen LogP contribution in [0.15, 0.2) is 30.9 Å². The van der Waals surface area contributed by atoms with Gasteiger partial charge in [0.15, 0.2) is 0 Å². The van der Waals surface area contributed by atoms with Crippen LogP contribution in [0, 0.1) is 5.82 Å². The number of halogens is 1. The minimum Gasteiger partial charge on any atom is -0.487 e. The third-order valence-corrected chi connectivity index (χ3v) is 1.82. The zero-order chi connectivity index (χ0) is 11.4. The molecule has 1 rings (SSSR count). The molecule has 15 heavy (non-hydrogen) atoms. The van der Waals surface area contributed by atoms with Crippen LogP contribution in [0.25, 0.3) is 0 Å². The lowest BCUT2D eigenvalue weighted by molar-refractivity contribution is 0.0692. The van der Waals surface area contributed by atoms with E-state index >= 15 is 0 Å². The van der Waals surface area contributed by atoms with Crippen molar-refractivity contribution >= 4 is 5.97 Å². The average molecular weight is 210 g/mol. The van der Waals surface area contributed by atoms with Gasteiger partial charge in [0, 0.05) is 6.07 Å². The van der Waals surface area contributed by atoms with Crippen LogP contribution in [-0.2, 0) is 0 Å². The first-order valence-electron chi connectivity index (χ1n) is 4.36. The number of aromatic carboxylic acids is 1. The van der Waals surface area contributed by atoms with Crippen LogP contribution < -0.4 is 4.74 Å². The first-order chi connectivity index (χ1) is 7.04. The van der Waals surface area contributed by atoms with Gasteiger partial charge in [-0.15, -0.1) is 0 Å². The Hall–Kier alpha value is -1.84. The highest BCUT2D eigenvalue weighted by molar-refractivity contribution is 5.88. The van der Waals surface area contributed by atoms with E-state index in [1.165, 1.54) is 12.1 Å². The Kier molecular flexibility index (Phi) is 3.44. The summed E-state index contributed by atoms with van der Waals surface area (Å²) in [5.74, 6) is -1.82. The molecule has 4 heteroatoms. The molecule has 1 aromatic rings. The molecule has 0 aliphatic rings. The Balaban J connectivity index is 2.91. The fraction of sp³-hybridized carbons (Fsp3) is 0.182. The summed E-state index contributed by atoms with van der Waals surface area (Å²) < 4.78 is 18.4. The Morgan fingerprint density at radius 1 is 1.67 bits per heavy atom. The van der Waals surface area contributed by atoms with Gasteiger partial charge in [-0.1, -0.05) is 12.7 Å². The van der Waals surface area contributed by atoms with Gasteiger partial charge in [0.25, 0.3) is 0 Å². The monoisotopic (exact) mass is 210 g/mol. The molecule has 0 aliphatic carbocycles. The van der Waals surface area contributed by atoms with Gasteiger partial charge < -0.3 is 9.84 Å². The normalized spacial score (nSPS) is 11.9. The quantitative estimate of drug-likeness (QED) is 0.776. The van der Waals surface area contributed by atoms with Crippen LogP contribution in [0.4, 0.5) is 4.39 Å². The molecule has 0 saturated carbocycles. The van der Waals surface area contributed by atoms with Gasteiger partial charge in [-0.05, 0) is 19.1 Å². The highest BCUT2D eigenvalue weighted by Gasteiger charge is 2.11. The number of hydrogen-bond acceptors (Lipinski definition) is 2. The molecule has 0 fully saturated rings. The Labute approximate surface area is 86.8 Å². The number of carboxylic acids is 1. The standard InChI is InChI=1S/C11H11FO3/c1-3-7(2)15-8-4-5-9(11(13)14)10(12)6-8/h3-7H,1H2,2H3,(H,13,14). The molecule has 0 saturated heterocycles. The summed E-state index contributed by atoms with van der Waals surface area (Å²) in [6, 6.07) is 3.62. The Bertz CT molecular complexity index is 387. The lowest BCUT2D eigenvalue weighted by atomic mass is 10.2. The Morgan fingerprint density at radius 2 is 2.33 bits per heavy atom. The van der Waals surface area contributed by atoms with Crippen LogP contribution in [-0.4, -0.2) is 17.2 Å². The van der Waals surface area contributed by atoms with E-state index in [0.717, 1.165) is 6.07 Å². The van der Waals surface area contributed by atoms with Crippen LogP contribution >= 0.6 is 0 Å². The minimum atomic E-state index is -1.30. The summed E-state index contributed by atoms with van der Waals surface area (Å²) in [7, 11) is 0. The first kappa shape index (κ1) is 11.2. The molecule has 80 valence electrons. The van der Waals surface area contributed by atoms with Gasteiger partial charge in [-0.3, -0.25) is 0 Å². The molecule has 0 amide bonds. The maximum absolute atomic E-state index is 13.2. The topological polar surface area (TPSA) is 46.5 Å². The molecule has 0 heterocycles. The van der Waals surface area contributed by atoms with Crippen LogP contribution in [0.3, 0.4) is 0 Å². The maximum Gasteiger partial charge on any atom is 0.338 e. The average Bonchev–Trinajstić information content (AvgIpc) is 2.17. The van der Waals surface area contributed by atoms with Crippen molar-refractivity contribution in [2.24, 2.45) is 0 Å². The molecule has 0 bridgehead atoms. The van der Waals surface area contributed by atoms with Crippen molar-refractivity contribution in [1.82, 2.24) is 0 Å². The summed E-state index contributed by atoms with van der Waals surface area (Å²) in [6.45, 7) is 5.26. The summed E-state index contributed by atoms with van der Waals surface area (Å²) >= 11 is 0. The molecule has 1 atom stereocenters. The predicted octanol–water partition coefficient (Wildman–Crippen LogP) is 2.48. The van der Waals surface area contributed by atoms with E-state index in [-0.39, 0.29) is 17.4 Å². The second-order valence-corrected chi connectivity index (χ2v) is 3.01. The van der Waals surface area contributed by atoms with Crippen molar-refractivity contribution in [3.63, 3.8) is 0 Å². The number of hydrogen-bond donors (Lipinski definition) is 1. The molecule has 1 aromatic carbocycles. The van der Waals surface area contributed by atoms with Crippen molar-refractivity contribution in [2.45, 2.75) is 13.0 Å². The zero-order valence-corrected chi connectivity index (χ0v) is 8.24. The van der Waals surface area contributed by atoms with E-state index in [1.54, 1.807) is 13.0 Å². The zero-order valence-electron chi connectivity index (χ0n) is 8.24. The number of rotatable bonds is 4. The third-order valence-electron chi connectivity index (χ3n) is 1.82. The van der Waals surface area contributed by atoms with Gasteiger partial charge in [-0.2, -0.15) is 0 Å². The van der Waals surface area contributed by atoms with Crippen molar-refractivity contribution < 1.29 is 19.0 Å². The second-order valence-electron chi connectivity index (χ2n) is 3.01. The number of benzene rings is 1. The number of carbonyl (C=O) groups is 1. The van der Waals surface area contributed by atoms with Crippen molar-refractivity contribution in [3.05, 3.63) is 42.2 Å². The van der Waals surface area contributed by atoms with Gasteiger partial charge in [0.2, 0.25) is 0 Å². The summed E-state index contributed by atoms with van der Waals surface area (Å²) in [5, 5.41) is 8.59. The second kappa shape index (κ2) is 4.59. The highest BCUT2D eigenvalue weighted by Crippen LogP contribution is 2.18. The lowest BCUT2D eigenvalue weighted by Crippen LogP contribution is -2.08. The molecule has 0 aliphatic heterocycles. The SMILES string of the molecule is C=CC(C)Oc1ccc(C(=O)O)c(F)c1. The maximum atomic E-state index is 13.2. The first-order valence-corrected chi connectivity index (χ1v) is 4.36. The van der Waals surface area contributed by atoms with E-state index in [0.29, 0.717) is 0 Å². The smallest absolute Gasteiger partial charge is 0.338 e. The third kappa shape index (κ3) is 2.80. The summed E-state index contributed by atoms with van der Waals surface area (Å²) in [6.07, 6.45) is 1.31. The van der Waals surface area contributed by atoms with Crippen molar-refractivity contribution in [3.8, 4) is 5.75 Å². The Morgan fingerprint density at radius 3 is 2.80 bits per heavy atom. The molecule has 1 unspecified atom stereocenters. The van der Waals surface area contributed by atoms with Crippen molar-refractivity contribution in [1.29, 1.82) is 0 Å². The molecule has 3 nitrogen and oxygen atoms in total. The predicted molar refractivity (Wildman–Crippen MR) is 53.6 cm³/mol. The molecule has 0 radical (unpaired) electrons. The van der Waals surface area contributed by atoms with Gasteiger partial charge in [0.1, 0.15) is 17.7 Å². The fourth-order valence-corrected chi connectivity index (χ4v) is 1.01. The molecule has 1 N–H and O–H groups in total. The highest BCUT2D eigenvalue weighted by atomic mass is 19.1. The van der Waals surface area contributed by atoms with E-state index in [4.69, 9.17) is 9.84 Å². The van der Waals surface area contributed by atoms with E-state index < -0.39 is 11.8 Å². The molecule has 0 spiro atoms. The summed E-state index contributed by atoms with van der Waals surface area (Å²) in [4.78, 5) is 10.5. The van der Waals surface area contributed by atoms with Crippen molar-refractivity contribution in [2.75, 3.05) is 0 Å². The van der Waals surface area contributed by atoms with Crippen LogP contribution in [0.1, 0.15) is 17.3 Å². The summed E-state index contributed by atoms with van der Waals surface area (Å²) in [5.41, 5.74) is -0.367. The van der Waals surface area contributed by atoms with Gasteiger partial charge in [0.05, 0.1) is 5.56 Å². The van der Waals surface area contributed by atoms with E-state index in [1.807, 2.05) is 0 Å². The van der Waals surface area contributed by atoms with E-state index in [2.05, 4.69) is 6.58 Å². The van der Waals surface area contributed by atoms with E-state index in [9.17, 15) is 9.18 Å². The number of carboxylic acid groups (broad SMARTS) is 1. The number of ether oxygens (including phenoxy) is 1. The van der Waals surface area contributed by atoms with Gasteiger partial charge in [-0.25, -0.2) is 9.18 Å². The molecular weight excluding hydrogens is 199 g/mol.